The van der Waals surface area contributed by atoms with Crippen LogP contribution in [0.25, 0.3) is 0 Å². The van der Waals surface area contributed by atoms with Gasteiger partial charge in [-0.05, 0) is 83.5 Å². The number of unbranched alkanes of at least 4 members (excludes halogenated alkanes) is 14. The van der Waals surface area contributed by atoms with Gasteiger partial charge in [0.05, 0.1) is 6.42 Å². The summed E-state index contributed by atoms with van der Waals surface area (Å²) < 4.78 is 16.6. The molecule has 0 rings (SSSR count). The van der Waals surface area contributed by atoms with Gasteiger partial charge in [0.2, 0.25) is 0 Å². The van der Waals surface area contributed by atoms with E-state index in [1.807, 2.05) is 6.08 Å². The summed E-state index contributed by atoms with van der Waals surface area (Å²) in [5, 5.41) is 0. The fourth-order valence-corrected chi connectivity index (χ4v) is 6.21. The summed E-state index contributed by atoms with van der Waals surface area (Å²) in [4.78, 5) is 37.8. The SMILES string of the molecule is CC/C=C\C/C=C\C/C=C\C/C=C\C/C=C\CC(=O)OC(COC(=O)CCCCCCCC/C=C\C/C=C\C/C=C\C/C=C\CC)COC(=O)CCCCCCCCCCC. The van der Waals surface area contributed by atoms with Crippen molar-refractivity contribution >= 4 is 17.9 Å². The van der Waals surface area contributed by atoms with Crippen LogP contribution in [0.1, 0.15) is 201 Å². The van der Waals surface area contributed by atoms with Gasteiger partial charge in [0.25, 0.3) is 0 Å². The normalized spacial score (nSPS) is 13.0. The first-order valence-electron chi connectivity index (χ1n) is 24.4. The molecule has 6 nitrogen and oxygen atoms in total. The molecule has 344 valence electrons. The molecule has 0 aliphatic carbocycles. The molecule has 0 saturated carbocycles. The molecule has 0 aromatic carbocycles. The van der Waals surface area contributed by atoms with E-state index >= 15 is 0 Å². The Hall–Kier alpha value is -3.93. The van der Waals surface area contributed by atoms with Gasteiger partial charge in [-0.2, -0.15) is 0 Å². The van der Waals surface area contributed by atoms with Gasteiger partial charge in [-0.25, -0.2) is 0 Å². The van der Waals surface area contributed by atoms with Gasteiger partial charge in [-0.1, -0.05) is 207 Å². The van der Waals surface area contributed by atoms with E-state index in [9.17, 15) is 14.4 Å². The fourth-order valence-electron chi connectivity index (χ4n) is 6.21. The van der Waals surface area contributed by atoms with Gasteiger partial charge in [0.15, 0.2) is 6.10 Å². The summed E-state index contributed by atoms with van der Waals surface area (Å²) in [6, 6.07) is 0. The number of hydrogen-bond donors (Lipinski definition) is 0. The molecule has 0 radical (unpaired) electrons. The van der Waals surface area contributed by atoms with Gasteiger partial charge in [0.1, 0.15) is 13.2 Å². The second-order valence-corrected chi connectivity index (χ2v) is 15.6. The first kappa shape index (κ1) is 57.1. The minimum atomic E-state index is -0.837. The summed E-state index contributed by atoms with van der Waals surface area (Å²) in [7, 11) is 0. The first-order chi connectivity index (χ1) is 30.0. The molecule has 1 atom stereocenters. The average Bonchev–Trinajstić information content (AvgIpc) is 3.26. The Morgan fingerprint density at radius 3 is 1.08 bits per heavy atom. The van der Waals surface area contributed by atoms with Crippen LogP contribution in [0.15, 0.2) is 109 Å². The van der Waals surface area contributed by atoms with Gasteiger partial charge in [-0.15, -0.1) is 0 Å². The van der Waals surface area contributed by atoms with E-state index in [1.54, 1.807) is 6.08 Å². The van der Waals surface area contributed by atoms with Crippen molar-refractivity contribution in [3.8, 4) is 0 Å². The van der Waals surface area contributed by atoms with E-state index in [0.717, 1.165) is 103 Å². The van der Waals surface area contributed by atoms with E-state index in [-0.39, 0.29) is 31.6 Å². The Morgan fingerprint density at radius 1 is 0.361 bits per heavy atom. The van der Waals surface area contributed by atoms with Crippen molar-refractivity contribution in [2.75, 3.05) is 13.2 Å². The molecule has 61 heavy (non-hydrogen) atoms. The zero-order valence-electron chi connectivity index (χ0n) is 39.1. The van der Waals surface area contributed by atoms with Crippen LogP contribution < -0.4 is 0 Å². The number of allylic oxidation sites excluding steroid dienone is 17. The summed E-state index contributed by atoms with van der Waals surface area (Å²) in [5.74, 6) is -1.08. The fraction of sp³-hybridized carbons (Fsp3) is 0.618. The average molecular weight is 845 g/mol. The lowest BCUT2D eigenvalue weighted by Crippen LogP contribution is -2.30. The van der Waals surface area contributed by atoms with Gasteiger partial charge in [-0.3, -0.25) is 14.4 Å². The van der Waals surface area contributed by atoms with Crippen LogP contribution in [0, 0.1) is 0 Å². The van der Waals surface area contributed by atoms with Gasteiger partial charge < -0.3 is 14.2 Å². The molecule has 0 heterocycles. The lowest BCUT2D eigenvalue weighted by Gasteiger charge is -2.18. The van der Waals surface area contributed by atoms with Crippen LogP contribution in [0.5, 0.6) is 0 Å². The maximum absolute atomic E-state index is 12.7. The Morgan fingerprint density at radius 2 is 0.689 bits per heavy atom. The standard InChI is InChI=1S/C55H88O6/c1-4-7-10-13-16-19-21-23-25-26-27-28-30-31-33-36-39-42-45-48-54(57)60-51-52(50-59-53(56)47-44-41-38-35-18-15-12-9-6-3)61-55(58)49-46-43-40-37-34-32-29-24-22-20-17-14-11-8-5-2/h7-8,10-11,16-17,19-20,23-25,27-29,34,37,43,46,52H,4-6,9,12-15,18,21-22,26,30-33,35-36,38-42,44-45,47-51H2,1-3H3/b10-7-,11-8-,19-16-,20-17-,25-23-,28-27-,29-24-,37-34-,46-43-. The highest BCUT2D eigenvalue weighted by atomic mass is 16.6. The number of esters is 3. The van der Waals surface area contributed by atoms with Crippen LogP contribution in [-0.2, 0) is 28.6 Å². The minimum Gasteiger partial charge on any atom is -0.462 e. The maximum Gasteiger partial charge on any atom is 0.310 e. The Labute approximate surface area is 374 Å². The molecule has 0 aliphatic rings. The number of ether oxygens (including phenoxy) is 3. The molecule has 0 N–H and O–H groups in total. The summed E-state index contributed by atoms with van der Waals surface area (Å²) in [5.41, 5.74) is 0. The third-order valence-corrected chi connectivity index (χ3v) is 9.81. The van der Waals surface area contributed by atoms with Crippen LogP contribution in [0.4, 0.5) is 0 Å². The van der Waals surface area contributed by atoms with E-state index in [1.165, 1.54) is 51.4 Å². The zero-order valence-corrected chi connectivity index (χ0v) is 39.1. The highest BCUT2D eigenvalue weighted by Gasteiger charge is 2.19. The molecule has 0 aromatic heterocycles. The van der Waals surface area contributed by atoms with Crippen molar-refractivity contribution < 1.29 is 28.6 Å². The van der Waals surface area contributed by atoms with Crippen molar-refractivity contribution in [3.63, 3.8) is 0 Å². The van der Waals surface area contributed by atoms with Crippen LogP contribution in [0.2, 0.25) is 0 Å². The topological polar surface area (TPSA) is 78.9 Å². The lowest BCUT2D eigenvalue weighted by atomic mass is 10.1. The van der Waals surface area contributed by atoms with Crippen molar-refractivity contribution in [1.29, 1.82) is 0 Å². The van der Waals surface area contributed by atoms with Gasteiger partial charge >= 0.3 is 17.9 Å². The highest BCUT2D eigenvalue weighted by Crippen LogP contribution is 2.13. The van der Waals surface area contributed by atoms with E-state index < -0.39 is 12.1 Å². The molecule has 0 fully saturated rings. The monoisotopic (exact) mass is 845 g/mol. The van der Waals surface area contributed by atoms with Crippen LogP contribution in [-0.4, -0.2) is 37.2 Å². The maximum atomic E-state index is 12.7. The van der Waals surface area contributed by atoms with Crippen molar-refractivity contribution in [3.05, 3.63) is 109 Å². The number of carbonyl (C=O) groups is 3. The van der Waals surface area contributed by atoms with Crippen LogP contribution >= 0.6 is 0 Å². The molecule has 0 saturated heterocycles. The lowest BCUT2D eigenvalue weighted by molar-refractivity contribution is -0.166. The Balaban J connectivity index is 4.49. The number of rotatable bonds is 42. The molecule has 1 unspecified atom stereocenters. The van der Waals surface area contributed by atoms with Crippen LogP contribution in [0.3, 0.4) is 0 Å². The van der Waals surface area contributed by atoms with Crippen molar-refractivity contribution in [2.24, 2.45) is 0 Å². The predicted molar refractivity (Wildman–Crippen MR) is 260 cm³/mol. The van der Waals surface area contributed by atoms with E-state index in [0.29, 0.717) is 19.3 Å². The third kappa shape index (κ3) is 47.0. The van der Waals surface area contributed by atoms with Gasteiger partial charge in [0, 0.05) is 12.8 Å². The summed E-state index contributed by atoms with van der Waals surface area (Å²) in [6.45, 7) is 6.27. The number of carbonyl (C=O) groups excluding carboxylic acids is 3. The first-order valence-corrected chi connectivity index (χ1v) is 24.4. The summed E-state index contributed by atoms with van der Waals surface area (Å²) >= 11 is 0. The minimum absolute atomic E-state index is 0.0911. The molecule has 0 aliphatic heterocycles. The second-order valence-electron chi connectivity index (χ2n) is 15.6. The zero-order chi connectivity index (χ0) is 44.4. The van der Waals surface area contributed by atoms with E-state index in [2.05, 4.69) is 118 Å². The summed E-state index contributed by atoms with van der Waals surface area (Å²) in [6.07, 6.45) is 65.3. The molecule has 0 spiro atoms. The molecule has 6 heteroatoms. The quantitative estimate of drug-likeness (QED) is 0.0264. The Kier molecular flexibility index (Phi) is 45.6. The third-order valence-electron chi connectivity index (χ3n) is 9.81. The van der Waals surface area contributed by atoms with Crippen molar-refractivity contribution in [1.82, 2.24) is 0 Å². The predicted octanol–water partition coefficient (Wildman–Crippen LogP) is 16.0. The van der Waals surface area contributed by atoms with Crippen molar-refractivity contribution in [2.45, 2.75) is 207 Å². The second kappa shape index (κ2) is 48.7. The molecular formula is C55H88O6. The largest absolute Gasteiger partial charge is 0.462 e. The highest BCUT2D eigenvalue weighted by molar-refractivity contribution is 5.72. The smallest absolute Gasteiger partial charge is 0.310 e. The molecule has 0 bridgehead atoms. The molecule has 0 amide bonds. The Bertz CT molecular complexity index is 1290. The molecular weight excluding hydrogens is 757 g/mol. The molecule has 0 aromatic rings. The number of hydrogen-bond acceptors (Lipinski definition) is 6. The van der Waals surface area contributed by atoms with E-state index in [4.69, 9.17) is 14.2 Å².